The van der Waals surface area contributed by atoms with E-state index in [9.17, 15) is 14.9 Å². The minimum Gasteiger partial charge on any atom is -0.301 e. The molecule has 1 aromatic heterocycles. The van der Waals surface area contributed by atoms with Gasteiger partial charge in [0.05, 0.1) is 4.92 Å². The van der Waals surface area contributed by atoms with Gasteiger partial charge in [-0.15, -0.1) is 22.9 Å². The Labute approximate surface area is 129 Å². The van der Waals surface area contributed by atoms with E-state index in [0.717, 1.165) is 10.4 Å². The largest absolute Gasteiger partial charge is 0.301 e. The number of thiazole rings is 1. The Balaban J connectivity index is 2.07. The molecule has 21 heavy (non-hydrogen) atoms. The number of hydrogen-bond donors (Lipinski definition) is 1. The number of nitro benzene ring substituents is 1. The van der Waals surface area contributed by atoms with Gasteiger partial charge in [0.25, 0.3) is 5.69 Å². The number of non-ortho nitro benzene ring substituents is 1. The van der Waals surface area contributed by atoms with Gasteiger partial charge >= 0.3 is 0 Å². The molecular weight excluding hydrogens is 314 g/mol. The van der Waals surface area contributed by atoms with Crippen LogP contribution >= 0.6 is 22.9 Å². The first kappa shape index (κ1) is 15.4. The van der Waals surface area contributed by atoms with E-state index in [4.69, 9.17) is 11.6 Å². The second-order valence-electron chi connectivity index (χ2n) is 4.34. The van der Waals surface area contributed by atoms with Crippen molar-refractivity contribution in [1.82, 2.24) is 4.98 Å². The molecular formula is C13H12ClN3O3S. The van der Waals surface area contributed by atoms with Gasteiger partial charge in [-0.1, -0.05) is 12.1 Å². The van der Waals surface area contributed by atoms with Gasteiger partial charge in [-0.05, 0) is 12.5 Å². The number of nitrogens with one attached hydrogen (secondary N) is 1. The van der Waals surface area contributed by atoms with E-state index in [2.05, 4.69) is 10.3 Å². The number of halogens is 1. The molecule has 0 saturated carbocycles. The summed E-state index contributed by atoms with van der Waals surface area (Å²) in [7, 11) is 0. The van der Waals surface area contributed by atoms with E-state index in [-0.39, 0.29) is 11.6 Å². The number of amides is 1. The number of carbonyl (C=O) groups excluding carboxylic acids is 1. The van der Waals surface area contributed by atoms with Crippen molar-refractivity contribution < 1.29 is 9.72 Å². The zero-order chi connectivity index (χ0) is 15.4. The highest BCUT2D eigenvalue weighted by Gasteiger charge is 2.12. The van der Waals surface area contributed by atoms with Crippen molar-refractivity contribution in [3.05, 3.63) is 51.0 Å². The van der Waals surface area contributed by atoms with Crippen LogP contribution in [0.15, 0.2) is 30.5 Å². The van der Waals surface area contributed by atoms with Crippen LogP contribution in [0.5, 0.6) is 0 Å². The van der Waals surface area contributed by atoms with E-state index < -0.39 is 10.3 Å². The van der Waals surface area contributed by atoms with E-state index in [1.54, 1.807) is 19.2 Å². The Hall–Kier alpha value is -1.99. The highest BCUT2D eigenvalue weighted by Crippen LogP contribution is 2.23. The minimum absolute atomic E-state index is 0.0570. The first-order valence-electron chi connectivity index (χ1n) is 6.08. The fourth-order valence-corrected chi connectivity index (χ4v) is 2.54. The van der Waals surface area contributed by atoms with Crippen molar-refractivity contribution in [3.63, 3.8) is 0 Å². The first-order valence-corrected chi connectivity index (χ1v) is 7.34. The molecule has 0 spiro atoms. The molecule has 110 valence electrons. The average Bonchev–Trinajstić information content (AvgIpc) is 2.86. The number of carbonyl (C=O) groups is 1. The predicted octanol–water partition coefficient (Wildman–Crippen LogP) is 3.21. The van der Waals surface area contributed by atoms with Crippen LogP contribution in [0.2, 0.25) is 0 Å². The lowest BCUT2D eigenvalue weighted by atomic mass is 10.1. The van der Waals surface area contributed by atoms with Crippen LogP contribution in [0, 0.1) is 10.1 Å². The van der Waals surface area contributed by atoms with Gasteiger partial charge in [-0.3, -0.25) is 14.9 Å². The molecule has 1 N–H and O–H groups in total. The third kappa shape index (κ3) is 4.24. The van der Waals surface area contributed by atoms with Crippen molar-refractivity contribution in [2.24, 2.45) is 0 Å². The Morgan fingerprint density at radius 1 is 1.57 bits per heavy atom. The number of aromatic nitrogens is 1. The lowest BCUT2D eigenvalue weighted by Gasteiger charge is -2.01. The summed E-state index contributed by atoms with van der Waals surface area (Å²) in [6, 6.07) is 6.43. The molecule has 0 bridgehead atoms. The summed E-state index contributed by atoms with van der Waals surface area (Å²) in [5, 5.41) is 13.2. The molecule has 2 aromatic rings. The maximum atomic E-state index is 11.4. The number of nitro groups is 1. The standard InChI is InChI=1S/C13H12ClN3O3S/c1-8(14)12(18)16-13-15-7-11(21-13)6-9-3-2-4-10(5-9)17(19)20/h2-5,7-8H,6H2,1H3,(H,15,16,18). The molecule has 1 aromatic carbocycles. The zero-order valence-corrected chi connectivity index (χ0v) is 12.6. The monoisotopic (exact) mass is 325 g/mol. The van der Waals surface area contributed by atoms with E-state index >= 15 is 0 Å². The lowest BCUT2D eigenvalue weighted by molar-refractivity contribution is -0.384. The van der Waals surface area contributed by atoms with Gasteiger partial charge in [-0.2, -0.15) is 0 Å². The highest BCUT2D eigenvalue weighted by atomic mass is 35.5. The number of rotatable bonds is 5. The molecule has 6 nitrogen and oxygen atoms in total. The smallest absolute Gasteiger partial charge is 0.269 e. The van der Waals surface area contributed by atoms with Gasteiger partial charge in [0, 0.05) is 29.6 Å². The summed E-state index contributed by atoms with van der Waals surface area (Å²) in [5.74, 6) is -0.312. The molecule has 0 fully saturated rings. The molecule has 1 unspecified atom stereocenters. The van der Waals surface area contributed by atoms with Crippen LogP contribution in [0.4, 0.5) is 10.8 Å². The van der Waals surface area contributed by atoms with E-state index in [1.807, 2.05) is 6.07 Å². The van der Waals surface area contributed by atoms with Gasteiger partial charge in [0.1, 0.15) is 5.38 Å². The van der Waals surface area contributed by atoms with Gasteiger partial charge in [-0.25, -0.2) is 4.98 Å². The van der Waals surface area contributed by atoms with Crippen LogP contribution < -0.4 is 5.32 Å². The topological polar surface area (TPSA) is 85.1 Å². The Morgan fingerprint density at radius 3 is 3.00 bits per heavy atom. The molecule has 1 amide bonds. The number of hydrogen-bond acceptors (Lipinski definition) is 5. The molecule has 1 heterocycles. The molecule has 0 radical (unpaired) electrons. The van der Waals surface area contributed by atoms with Gasteiger partial charge < -0.3 is 5.32 Å². The number of nitrogens with zero attached hydrogens (tertiary/aromatic N) is 2. The number of alkyl halides is 1. The normalized spacial score (nSPS) is 11.9. The van der Waals surface area contributed by atoms with Crippen LogP contribution in [-0.4, -0.2) is 21.2 Å². The summed E-state index contributed by atoms with van der Waals surface area (Å²) in [5.41, 5.74) is 0.873. The Morgan fingerprint density at radius 2 is 2.33 bits per heavy atom. The highest BCUT2D eigenvalue weighted by molar-refractivity contribution is 7.15. The van der Waals surface area contributed by atoms with E-state index in [1.165, 1.54) is 23.5 Å². The maximum Gasteiger partial charge on any atom is 0.269 e. The Kier molecular flexibility index (Phi) is 4.87. The average molecular weight is 326 g/mol. The fourth-order valence-electron chi connectivity index (χ4n) is 1.63. The Bertz CT molecular complexity index is 672. The third-order valence-corrected chi connectivity index (χ3v) is 3.76. The molecule has 2 rings (SSSR count). The molecule has 0 saturated heterocycles. The predicted molar refractivity (Wildman–Crippen MR) is 82.0 cm³/mol. The summed E-state index contributed by atoms with van der Waals surface area (Å²) >= 11 is 6.98. The van der Waals surface area contributed by atoms with Crippen LogP contribution in [0.25, 0.3) is 0 Å². The van der Waals surface area contributed by atoms with Crippen molar-refractivity contribution in [2.75, 3.05) is 5.32 Å². The van der Waals surface area contributed by atoms with Crippen LogP contribution in [0.1, 0.15) is 17.4 Å². The summed E-state index contributed by atoms with van der Waals surface area (Å²) in [4.78, 5) is 26.7. The third-order valence-electron chi connectivity index (χ3n) is 2.64. The molecule has 0 aliphatic heterocycles. The fraction of sp³-hybridized carbons (Fsp3) is 0.231. The van der Waals surface area contributed by atoms with Crippen LogP contribution in [0.3, 0.4) is 0 Å². The second-order valence-corrected chi connectivity index (χ2v) is 6.11. The van der Waals surface area contributed by atoms with Gasteiger partial charge in [0.15, 0.2) is 5.13 Å². The second kappa shape index (κ2) is 6.64. The minimum atomic E-state index is -0.630. The maximum absolute atomic E-state index is 11.4. The van der Waals surface area contributed by atoms with Crippen molar-refractivity contribution in [3.8, 4) is 0 Å². The summed E-state index contributed by atoms with van der Waals surface area (Å²) in [6.07, 6.45) is 2.16. The van der Waals surface area contributed by atoms with Crippen molar-refractivity contribution in [2.45, 2.75) is 18.7 Å². The van der Waals surface area contributed by atoms with Gasteiger partial charge in [0.2, 0.25) is 5.91 Å². The van der Waals surface area contributed by atoms with E-state index in [0.29, 0.717) is 11.6 Å². The number of benzene rings is 1. The SMILES string of the molecule is CC(Cl)C(=O)Nc1ncc(Cc2cccc([N+](=O)[O-])c2)s1. The summed E-state index contributed by atoms with van der Waals surface area (Å²) < 4.78 is 0. The summed E-state index contributed by atoms with van der Waals surface area (Å²) in [6.45, 7) is 1.58. The molecule has 0 aliphatic carbocycles. The van der Waals surface area contributed by atoms with Crippen molar-refractivity contribution >= 4 is 39.7 Å². The molecule has 1 atom stereocenters. The molecule has 8 heteroatoms. The van der Waals surface area contributed by atoms with Crippen molar-refractivity contribution in [1.29, 1.82) is 0 Å². The lowest BCUT2D eigenvalue weighted by Crippen LogP contribution is -2.19. The zero-order valence-electron chi connectivity index (χ0n) is 11.1. The van der Waals surface area contributed by atoms with Crippen LogP contribution in [-0.2, 0) is 11.2 Å². The first-order chi connectivity index (χ1) is 9.95. The number of anilines is 1. The molecule has 0 aliphatic rings. The quantitative estimate of drug-likeness (QED) is 0.519.